The molecular formula is C47H74N14O13S. The van der Waals surface area contributed by atoms with Crippen LogP contribution in [-0.4, -0.2) is 183 Å². The van der Waals surface area contributed by atoms with Crippen LogP contribution in [0.2, 0.25) is 0 Å². The molecule has 1 fully saturated rings. The summed E-state index contributed by atoms with van der Waals surface area (Å²) in [6.07, 6.45) is -0.319. The zero-order chi connectivity index (χ0) is 55.9. The van der Waals surface area contributed by atoms with Crippen LogP contribution < -0.4 is 59.7 Å². The molecule has 0 aliphatic carbocycles. The van der Waals surface area contributed by atoms with Crippen LogP contribution in [0.4, 0.5) is 0 Å². The van der Waals surface area contributed by atoms with Gasteiger partial charge in [-0.15, -0.1) is 0 Å². The van der Waals surface area contributed by atoms with Crippen molar-refractivity contribution < 1.29 is 63.3 Å². The van der Waals surface area contributed by atoms with Crippen LogP contribution in [0, 0.1) is 11.3 Å². The molecule has 1 aliphatic heterocycles. The molecular weight excluding hydrogens is 1000 g/mol. The summed E-state index contributed by atoms with van der Waals surface area (Å²) in [6.45, 7) is 3.93. The minimum absolute atomic E-state index is 0.0139. The Labute approximate surface area is 438 Å². The Kier molecular flexibility index (Phi) is 25.7. The maximum Gasteiger partial charge on any atom is 0.305 e. The number of fused-ring (bicyclic) bond motifs is 1. The van der Waals surface area contributed by atoms with Gasteiger partial charge in [-0.3, -0.25) is 53.4 Å². The number of aromatic nitrogens is 1. The summed E-state index contributed by atoms with van der Waals surface area (Å²) in [7, 11) is 1.31. The molecule has 0 bridgehead atoms. The number of aliphatic carboxylic acids is 1. The second-order valence-corrected chi connectivity index (χ2v) is 19.7. The van der Waals surface area contributed by atoms with Crippen LogP contribution in [-0.2, 0) is 54.4 Å². The average molecular weight is 1080 g/mol. The molecule has 3 rings (SSSR count). The number of nitrogens with two attached hydrogens (primary N) is 3. The lowest BCUT2D eigenvalue weighted by atomic mass is 10.0. The van der Waals surface area contributed by atoms with E-state index in [2.05, 4.69) is 47.5 Å². The van der Waals surface area contributed by atoms with Crippen molar-refractivity contribution in [1.82, 2.24) is 52.4 Å². The number of unbranched alkanes of at least 4 members (excludes halogenated alkanes) is 1. The minimum Gasteiger partial charge on any atom is -0.481 e. The van der Waals surface area contributed by atoms with Crippen molar-refractivity contribution in [1.29, 1.82) is 5.41 Å². The number of benzene rings is 1. The van der Waals surface area contributed by atoms with Crippen molar-refractivity contribution in [3.63, 3.8) is 0 Å². The van der Waals surface area contributed by atoms with E-state index in [1.165, 1.54) is 7.05 Å². The zero-order valence-corrected chi connectivity index (χ0v) is 43.4. The molecule has 2 aromatic rings. The van der Waals surface area contributed by atoms with Crippen molar-refractivity contribution >= 4 is 87.8 Å². The molecule has 75 heavy (non-hydrogen) atoms. The lowest BCUT2D eigenvalue weighted by Gasteiger charge is -2.30. The highest BCUT2D eigenvalue weighted by atomic mass is 32.2. The van der Waals surface area contributed by atoms with Crippen molar-refractivity contribution in [3.05, 3.63) is 36.0 Å². The number of hydrogen-bond acceptors (Lipinski definition) is 15. The summed E-state index contributed by atoms with van der Waals surface area (Å²) in [5.74, 6) is -11.1. The monoisotopic (exact) mass is 1070 g/mol. The van der Waals surface area contributed by atoms with E-state index < -0.39 is 127 Å². The van der Waals surface area contributed by atoms with Gasteiger partial charge in [-0.05, 0) is 69.5 Å². The third-order valence-electron chi connectivity index (χ3n) is 12.1. The largest absolute Gasteiger partial charge is 0.481 e. The number of aliphatic hydroxyl groups is 2. The summed E-state index contributed by atoms with van der Waals surface area (Å²) in [5.41, 5.74) is 18.1. The van der Waals surface area contributed by atoms with Gasteiger partial charge in [0.2, 0.25) is 53.2 Å². The van der Waals surface area contributed by atoms with E-state index in [9.17, 15) is 63.3 Å². The molecule has 416 valence electrons. The van der Waals surface area contributed by atoms with E-state index in [0.29, 0.717) is 24.9 Å². The van der Waals surface area contributed by atoms with Crippen LogP contribution in [0.1, 0.15) is 77.7 Å². The fourth-order valence-corrected chi connectivity index (χ4v) is 8.94. The van der Waals surface area contributed by atoms with Gasteiger partial charge in [0.15, 0.2) is 5.96 Å². The predicted molar refractivity (Wildman–Crippen MR) is 276 cm³/mol. The maximum absolute atomic E-state index is 14.6. The fraction of sp³-hybridized carbons (Fsp3) is 0.596. The Balaban J connectivity index is 2.13. The van der Waals surface area contributed by atoms with E-state index in [1.54, 1.807) is 38.2 Å². The van der Waals surface area contributed by atoms with Crippen molar-refractivity contribution in [2.24, 2.45) is 23.1 Å². The summed E-state index contributed by atoms with van der Waals surface area (Å²) < 4.78 is 0. The van der Waals surface area contributed by atoms with Gasteiger partial charge in [0, 0.05) is 55.0 Å². The quantitative estimate of drug-likeness (QED) is 0.0320. The molecule has 0 unspecified atom stereocenters. The topological polar surface area (TPSA) is 449 Å². The van der Waals surface area contributed by atoms with Crippen LogP contribution >= 0.6 is 11.8 Å². The Morgan fingerprint density at radius 1 is 0.853 bits per heavy atom. The third-order valence-corrected chi connectivity index (χ3v) is 13.1. The first kappa shape index (κ1) is 62.3. The summed E-state index contributed by atoms with van der Waals surface area (Å²) in [6, 6.07) is -5.21. The number of carbonyl (C=O) groups excluding carboxylic acids is 9. The van der Waals surface area contributed by atoms with Gasteiger partial charge in [-0.2, -0.15) is 11.8 Å². The van der Waals surface area contributed by atoms with Gasteiger partial charge in [0.1, 0.15) is 48.3 Å². The number of aliphatic hydroxyl groups excluding tert-OH is 2. The van der Waals surface area contributed by atoms with Crippen molar-refractivity contribution in [3.8, 4) is 0 Å². The first-order chi connectivity index (χ1) is 35.5. The zero-order valence-electron chi connectivity index (χ0n) is 42.6. The molecule has 0 radical (unpaired) electrons. The van der Waals surface area contributed by atoms with Gasteiger partial charge >= 0.3 is 5.97 Å². The maximum atomic E-state index is 14.6. The van der Waals surface area contributed by atoms with Crippen LogP contribution in [0.3, 0.4) is 0 Å². The number of para-hydroxylation sites is 1. The molecule has 0 spiro atoms. The Morgan fingerprint density at radius 2 is 1.51 bits per heavy atom. The number of thioether (sulfide) groups is 1. The second kappa shape index (κ2) is 31.0. The molecule has 19 N–H and O–H groups in total. The standard InChI is InChI=1S/C47H74N14O13S/c1-24(2)18-30-40(68)59-34(44(72)55-31(19-26-21-53-28-11-6-5-10-27(26)28)41(69)54-29(39(49)67)12-7-8-15-48)23-75-17-14-36(64)61(4)35(13-9-16-52-47(50)51)45(73)58-33(22-62)43(71)56-32(20-37(65)66)42(70)60-38(25(3)63)46(74)57-30/h5-6,10-11,21,24-25,29-35,38,53,62-63H,7-9,12-20,22-23,48H2,1-4H3,(H2,49,67)(H,54,69)(H,55,72)(H,56,71)(H,57,74)(H,58,73)(H,59,68)(H,60,70)(H,65,66)(H4,50,51,52)/t25-,29+,30+,31+,32+,33+,34+,35+,38+/m1/s1. The van der Waals surface area contributed by atoms with E-state index in [1.807, 2.05) is 6.07 Å². The fourth-order valence-electron chi connectivity index (χ4n) is 7.98. The third kappa shape index (κ3) is 20.3. The summed E-state index contributed by atoms with van der Waals surface area (Å²) in [5, 5.41) is 58.7. The lowest BCUT2D eigenvalue weighted by molar-refractivity contribution is -0.142. The van der Waals surface area contributed by atoms with E-state index in [-0.39, 0.29) is 68.5 Å². The van der Waals surface area contributed by atoms with E-state index in [0.717, 1.165) is 34.5 Å². The van der Waals surface area contributed by atoms with Gasteiger partial charge in [-0.1, -0.05) is 32.0 Å². The van der Waals surface area contributed by atoms with Gasteiger partial charge in [-0.25, -0.2) is 0 Å². The number of aromatic amines is 1. The van der Waals surface area contributed by atoms with Crippen LogP contribution in [0.5, 0.6) is 0 Å². The Hall–Kier alpha value is -7.04. The number of H-pyrrole nitrogens is 1. The normalized spacial score (nSPS) is 22.2. The van der Waals surface area contributed by atoms with Crippen molar-refractivity contribution in [2.75, 3.05) is 38.2 Å². The van der Waals surface area contributed by atoms with E-state index >= 15 is 0 Å². The first-order valence-corrected chi connectivity index (χ1v) is 25.7. The Morgan fingerprint density at radius 3 is 2.13 bits per heavy atom. The minimum atomic E-state index is -1.96. The molecule has 9 atom stereocenters. The van der Waals surface area contributed by atoms with Crippen LogP contribution in [0.15, 0.2) is 30.5 Å². The molecule has 1 saturated heterocycles. The number of likely N-dealkylation sites (N-methyl/N-ethyl adjacent to an activating group) is 1. The highest BCUT2D eigenvalue weighted by Crippen LogP contribution is 2.20. The number of primary amides is 1. The number of nitrogens with one attached hydrogen (secondary N) is 10. The number of carboxylic acid groups (broad SMARTS) is 1. The predicted octanol–water partition coefficient (Wildman–Crippen LogP) is -4.16. The number of carbonyl (C=O) groups is 10. The smallest absolute Gasteiger partial charge is 0.305 e. The number of guanidine groups is 1. The number of nitrogens with zero attached hydrogens (tertiary/aromatic N) is 1. The molecule has 0 saturated carbocycles. The molecule has 2 heterocycles. The van der Waals surface area contributed by atoms with Crippen molar-refractivity contribution in [2.45, 2.75) is 133 Å². The number of rotatable bonds is 21. The molecule has 1 aromatic carbocycles. The average Bonchev–Trinajstić information content (AvgIpc) is 3.75. The number of amides is 9. The lowest BCUT2D eigenvalue weighted by Crippen LogP contribution is -2.62. The van der Waals surface area contributed by atoms with Gasteiger partial charge in [0.05, 0.1) is 19.1 Å². The molecule has 27 nitrogen and oxygen atoms in total. The molecule has 9 amide bonds. The number of hydrogen-bond donors (Lipinski definition) is 16. The molecule has 1 aliphatic rings. The Bertz CT molecular complexity index is 2330. The van der Waals surface area contributed by atoms with Gasteiger partial charge in [0.25, 0.3) is 0 Å². The molecule has 28 heteroatoms. The first-order valence-electron chi connectivity index (χ1n) is 24.6. The number of carboxylic acids is 1. The SMILES string of the molecule is CC(C)C[C@@H]1NC(=O)[C@H]([C@@H](C)O)NC(=O)[C@H](CC(=O)O)NC(=O)[C@H](CO)NC(=O)[C@H](CCCNC(=N)N)N(C)C(=O)CCSC[C@@H](C(=O)N[C@@H](Cc2c[nH]c3ccccc23)C(=O)N[C@@H](CCCCN)C(N)=O)NC1=O. The second-order valence-electron chi connectivity index (χ2n) is 18.6. The highest BCUT2D eigenvalue weighted by Gasteiger charge is 2.37. The highest BCUT2D eigenvalue weighted by molar-refractivity contribution is 7.99. The van der Waals surface area contributed by atoms with Gasteiger partial charge < -0.3 is 84.9 Å². The summed E-state index contributed by atoms with van der Waals surface area (Å²) >= 11 is 1.03. The molecule has 1 aromatic heterocycles. The summed E-state index contributed by atoms with van der Waals surface area (Å²) in [4.78, 5) is 141. The van der Waals surface area contributed by atoms with Crippen LogP contribution in [0.25, 0.3) is 10.9 Å². The van der Waals surface area contributed by atoms with E-state index in [4.69, 9.17) is 22.6 Å².